The molecule has 0 aromatic carbocycles. The lowest BCUT2D eigenvalue weighted by Gasteiger charge is -2.47. The highest BCUT2D eigenvalue weighted by molar-refractivity contribution is 9.24. The summed E-state index contributed by atoms with van der Waals surface area (Å²) in [5, 5.41) is 11.2. The molecule has 29 heavy (non-hydrogen) atoms. The molecule has 2 rings (SSSR count). The van der Waals surface area contributed by atoms with Gasteiger partial charge in [-0.1, -0.05) is 98.9 Å². The number of aliphatic hydroxyl groups is 1. The average molecular weight is 553 g/mol. The quantitative estimate of drug-likeness (QED) is 0.188. The lowest BCUT2D eigenvalue weighted by Crippen LogP contribution is -2.49. The number of allylic oxidation sites excluding steroid dienone is 1. The molecule has 0 amide bonds. The van der Waals surface area contributed by atoms with Crippen molar-refractivity contribution in [3.05, 3.63) is 11.6 Å². The predicted octanol–water partition coefficient (Wildman–Crippen LogP) is 8.04. The minimum atomic E-state index is -1.84. The first kappa shape index (κ1) is 26.1. The van der Waals surface area contributed by atoms with Crippen LogP contribution in [-0.2, 0) is 4.43 Å². The lowest BCUT2D eigenvalue weighted by atomic mass is 9.62. The maximum absolute atomic E-state index is 11.2. The second-order valence-electron chi connectivity index (χ2n) is 10.8. The minimum absolute atomic E-state index is 0.0942. The van der Waals surface area contributed by atoms with Gasteiger partial charge in [-0.25, -0.2) is 0 Å². The molecule has 5 heteroatoms. The van der Waals surface area contributed by atoms with Crippen molar-refractivity contribution in [2.75, 3.05) is 6.61 Å². The summed E-state index contributed by atoms with van der Waals surface area (Å²) < 4.78 is 6.87. The van der Waals surface area contributed by atoms with E-state index in [9.17, 15) is 5.11 Å². The van der Waals surface area contributed by atoms with Crippen LogP contribution in [0.2, 0.25) is 16.6 Å². The molecular weight excluding hydrogens is 508 g/mol. The van der Waals surface area contributed by atoms with Crippen molar-refractivity contribution in [1.82, 2.24) is 0 Å². The van der Waals surface area contributed by atoms with E-state index in [-0.39, 0.29) is 3.74 Å². The van der Waals surface area contributed by atoms with Gasteiger partial charge in [0, 0.05) is 6.61 Å². The van der Waals surface area contributed by atoms with Gasteiger partial charge < -0.3 is 9.53 Å². The van der Waals surface area contributed by atoms with Gasteiger partial charge >= 0.3 is 0 Å². The molecule has 0 unspecified atom stereocenters. The molecule has 0 radical (unpaired) electrons. The highest BCUT2D eigenvalue weighted by Gasteiger charge is 2.47. The third-order valence-electron chi connectivity index (χ3n) is 8.12. The number of alkyl halides is 2. The Bertz CT molecular complexity index is 553. The summed E-state index contributed by atoms with van der Waals surface area (Å²) in [5.74, 6) is 2.36. The summed E-state index contributed by atoms with van der Waals surface area (Å²) in [6.45, 7) is 19.8. The van der Waals surface area contributed by atoms with Gasteiger partial charge in [-0.3, -0.25) is 0 Å². The summed E-state index contributed by atoms with van der Waals surface area (Å²) >= 11 is 7.18. The zero-order chi connectivity index (χ0) is 22.1. The SMILES string of the molecule is CC(C)[Si](OC[C@H](C)[C@@H]1CC[C@@H](C)[C@@H]2CC[C@](O)(C(Br)Br)C=C21)(C(C)C)C(C)C. The van der Waals surface area contributed by atoms with Crippen LogP contribution in [0.25, 0.3) is 0 Å². The molecule has 170 valence electrons. The van der Waals surface area contributed by atoms with Crippen molar-refractivity contribution in [2.24, 2.45) is 23.7 Å². The van der Waals surface area contributed by atoms with Crippen LogP contribution in [0.4, 0.5) is 0 Å². The highest BCUT2D eigenvalue weighted by atomic mass is 79.9. The molecule has 0 aliphatic heterocycles. The zero-order valence-electron chi connectivity index (χ0n) is 19.8. The normalized spacial score (nSPS) is 32.1. The number of halogens is 2. The van der Waals surface area contributed by atoms with Crippen LogP contribution in [0.3, 0.4) is 0 Å². The first-order valence-electron chi connectivity index (χ1n) is 11.7. The third kappa shape index (κ3) is 5.26. The highest BCUT2D eigenvalue weighted by Crippen LogP contribution is 2.50. The Morgan fingerprint density at radius 3 is 2.07 bits per heavy atom. The van der Waals surface area contributed by atoms with Crippen LogP contribution in [0.1, 0.15) is 81.1 Å². The van der Waals surface area contributed by atoms with E-state index in [1.165, 1.54) is 18.4 Å². The number of hydrogen-bond acceptors (Lipinski definition) is 2. The van der Waals surface area contributed by atoms with Gasteiger partial charge in [0.05, 0.1) is 0 Å². The van der Waals surface area contributed by atoms with Gasteiger partial charge in [0.2, 0.25) is 0 Å². The minimum Gasteiger partial charge on any atom is -0.416 e. The molecule has 0 heterocycles. The molecule has 1 saturated carbocycles. The van der Waals surface area contributed by atoms with Crippen LogP contribution in [0.5, 0.6) is 0 Å². The summed E-state index contributed by atoms with van der Waals surface area (Å²) in [6, 6.07) is 0. The fraction of sp³-hybridized carbons (Fsp3) is 0.917. The van der Waals surface area contributed by atoms with E-state index in [4.69, 9.17) is 4.43 Å². The predicted molar refractivity (Wildman–Crippen MR) is 135 cm³/mol. The van der Waals surface area contributed by atoms with Crippen molar-refractivity contribution >= 4 is 40.2 Å². The Hall–Kier alpha value is 0.837. The topological polar surface area (TPSA) is 29.5 Å². The third-order valence-corrected chi connectivity index (χ3v) is 15.8. The molecular formula is C24H44Br2O2Si. The van der Waals surface area contributed by atoms with E-state index in [2.05, 4.69) is 93.3 Å². The molecule has 0 saturated heterocycles. The van der Waals surface area contributed by atoms with Crippen LogP contribution < -0.4 is 0 Å². The van der Waals surface area contributed by atoms with E-state index in [1.54, 1.807) is 0 Å². The Kier molecular flexibility index (Phi) is 9.16. The second-order valence-corrected chi connectivity index (χ2v) is 19.4. The van der Waals surface area contributed by atoms with Gasteiger partial charge in [0.15, 0.2) is 8.32 Å². The van der Waals surface area contributed by atoms with E-state index < -0.39 is 13.9 Å². The molecule has 0 spiro atoms. The Balaban J connectivity index is 2.25. The number of hydrogen-bond donors (Lipinski definition) is 1. The molecule has 2 aliphatic rings. The van der Waals surface area contributed by atoms with Gasteiger partial charge in [0.1, 0.15) is 9.34 Å². The maximum atomic E-state index is 11.2. The van der Waals surface area contributed by atoms with Crippen molar-refractivity contribution in [2.45, 2.75) is 107 Å². The standard InChI is InChI=1S/C24H44Br2O2Si/c1-15(2)29(16(3)4,17(5)6)28-14-19(8)20-10-9-18(7)21-11-12-24(27,23(25)26)13-22(20)21/h13,15-21,23,27H,9-12,14H2,1-8H3/t18-,19+,20+,21+,24-/m1/s1. The van der Waals surface area contributed by atoms with E-state index in [0.29, 0.717) is 34.4 Å². The molecule has 0 bridgehead atoms. The molecule has 0 aromatic rings. The smallest absolute Gasteiger partial charge is 0.200 e. The number of fused-ring (bicyclic) bond motifs is 1. The summed E-state index contributed by atoms with van der Waals surface area (Å²) in [5.41, 5.74) is 2.58. The summed E-state index contributed by atoms with van der Waals surface area (Å²) in [7, 11) is -1.84. The van der Waals surface area contributed by atoms with Gasteiger partial charge in [-0.05, 0) is 66.0 Å². The Labute approximate surface area is 198 Å². The Morgan fingerprint density at radius 2 is 1.59 bits per heavy atom. The van der Waals surface area contributed by atoms with Crippen molar-refractivity contribution in [3.8, 4) is 0 Å². The van der Waals surface area contributed by atoms with E-state index in [0.717, 1.165) is 25.4 Å². The largest absolute Gasteiger partial charge is 0.416 e. The molecule has 1 N–H and O–H groups in total. The van der Waals surface area contributed by atoms with E-state index >= 15 is 0 Å². The molecule has 1 fully saturated rings. The summed E-state index contributed by atoms with van der Waals surface area (Å²) in [4.78, 5) is 0. The molecule has 2 aliphatic carbocycles. The summed E-state index contributed by atoms with van der Waals surface area (Å²) in [6.07, 6.45) is 6.64. The first-order chi connectivity index (χ1) is 13.4. The monoisotopic (exact) mass is 550 g/mol. The van der Waals surface area contributed by atoms with Gasteiger partial charge in [0.25, 0.3) is 0 Å². The zero-order valence-corrected chi connectivity index (χ0v) is 24.0. The second kappa shape index (κ2) is 10.2. The van der Waals surface area contributed by atoms with Crippen LogP contribution >= 0.6 is 31.9 Å². The van der Waals surface area contributed by atoms with E-state index in [1.807, 2.05) is 0 Å². The maximum Gasteiger partial charge on any atom is 0.200 e. The van der Waals surface area contributed by atoms with Crippen molar-refractivity contribution < 1.29 is 9.53 Å². The van der Waals surface area contributed by atoms with Crippen LogP contribution in [-0.4, -0.2) is 29.4 Å². The molecule has 2 nitrogen and oxygen atoms in total. The Morgan fingerprint density at radius 1 is 1.03 bits per heavy atom. The fourth-order valence-corrected chi connectivity index (χ4v) is 12.8. The number of rotatable bonds is 8. The molecule has 5 atom stereocenters. The average Bonchev–Trinajstić information content (AvgIpc) is 2.61. The van der Waals surface area contributed by atoms with Crippen molar-refractivity contribution in [3.63, 3.8) is 0 Å². The fourth-order valence-electron chi connectivity index (χ4n) is 6.50. The molecule has 0 aromatic heterocycles. The van der Waals surface area contributed by atoms with Gasteiger partial charge in [-0.15, -0.1) is 0 Å². The van der Waals surface area contributed by atoms with Crippen LogP contribution in [0, 0.1) is 23.7 Å². The van der Waals surface area contributed by atoms with Crippen molar-refractivity contribution in [1.29, 1.82) is 0 Å². The van der Waals surface area contributed by atoms with Crippen LogP contribution in [0.15, 0.2) is 11.6 Å². The first-order valence-corrected chi connectivity index (χ1v) is 15.7. The van der Waals surface area contributed by atoms with Gasteiger partial charge in [-0.2, -0.15) is 0 Å². The lowest BCUT2D eigenvalue weighted by molar-refractivity contribution is 0.0645.